The van der Waals surface area contributed by atoms with Crippen LogP contribution in [0.15, 0.2) is 29.3 Å². The molecule has 7 heteroatoms. The second-order valence-corrected chi connectivity index (χ2v) is 7.10. The van der Waals surface area contributed by atoms with E-state index in [2.05, 4.69) is 72.6 Å². The molecule has 6 nitrogen and oxygen atoms in total. The number of guanidine groups is 1. The predicted molar refractivity (Wildman–Crippen MR) is 133 cm³/mol. The minimum atomic E-state index is 0. The lowest BCUT2D eigenvalue weighted by Gasteiger charge is -2.18. The summed E-state index contributed by atoms with van der Waals surface area (Å²) in [5.74, 6) is 0.831. The second kappa shape index (κ2) is 12.8. The molecule has 29 heavy (non-hydrogen) atoms. The predicted octanol–water partition coefficient (Wildman–Crippen LogP) is 3.75. The zero-order chi connectivity index (χ0) is 20.5. The Morgan fingerprint density at radius 3 is 2.17 bits per heavy atom. The van der Waals surface area contributed by atoms with Crippen LogP contribution in [-0.2, 0) is 26.7 Å². The van der Waals surface area contributed by atoms with Crippen molar-refractivity contribution < 1.29 is 0 Å². The standard InChI is InChI=1S/C22H36N6.HI/c1-7-23-22(25-15-21-17(4)26-27(6)18(21)5)24-14-19-10-12-20(13-11-19)16-28(8-2)9-3;/h10-13H,7-9,14-16H2,1-6H3,(H2,23,24,25);1H. The van der Waals surface area contributed by atoms with E-state index in [1.807, 2.05) is 18.7 Å². The molecule has 2 N–H and O–H groups in total. The van der Waals surface area contributed by atoms with Gasteiger partial charge in [-0.1, -0.05) is 38.1 Å². The highest BCUT2D eigenvalue weighted by molar-refractivity contribution is 14.0. The molecule has 0 aliphatic heterocycles. The molecule has 0 atom stereocenters. The van der Waals surface area contributed by atoms with Crippen LogP contribution in [0.1, 0.15) is 48.8 Å². The summed E-state index contributed by atoms with van der Waals surface area (Å²) in [5, 5.41) is 11.2. The fourth-order valence-electron chi connectivity index (χ4n) is 3.21. The molecule has 162 valence electrons. The van der Waals surface area contributed by atoms with Gasteiger partial charge in [-0.3, -0.25) is 9.58 Å². The summed E-state index contributed by atoms with van der Waals surface area (Å²) in [6, 6.07) is 8.79. The number of nitrogens with zero attached hydrogens (tertiary/aromatic N) is 4. The Bertz CT molecular complexity index is 762. The maximum atomic E-state index is 4.74. The van der Waals surface area contributed by atoms with E-state index in [0.29, 0.717) is 6.54 Å². The number of rotatable bonds is 9. The first-order valence-corrected chi connectivity index (χ1v) is 10.3. The lowest BCUT2D eigenvalue weighted by Crippen LogP contribution is -2.37. The maximum absolute atomic E-state index is 4.74. The molecular weight excluding hydrogens is 475 g/mol. The van der Waals surface area contributed by atoms with E-state index in [0.717, 1.165) is 44.4 Å². The molecule has 0 bridgehead atoms. The van der Waals surface area contributed by atoms with Gasteiger partial charge in [-0.25, -0.2) is 4.99 Å². The van der Waals surface area contributed by atoms with Crippen LogP contribution in [0.2, 0.25) is 0 Å². The van der Waals surface area contributed by atoms with E-state index in [4.69, 9.17) is 4.99 Å². The van der Waals surface area contributed by atoms with Crippen LogP contribution >= 0.6 is 24.0 Å². The third-order valence-corrected chi connectivity index (χ3v) is 5.18. The minimum Gasteiger partial charge on any atom is -0.357 e. The summed E-state index contributed by atoms with van der Waals surface area (Å²) in [6.07, 6.45) is 0. The van der Waals surface area contributed by atoms with Gasteiger partial charge in [0.15, 0.2) is 5.96 Å². The highest BCUT2D eigenvalue weighted by Crippen LogP contribution is 2.11. The van der Waals surface area contributed by atoms with Gasteiger partial charge < -0.3 is 10.6 Å². The SMILES string of the molecule is CCNC(=NCc1ccc(CN(CC)CC)cc1)NCc1c(C)nn(C)c1C.I. The Hall–Kier alpha value is -1.61. The van der Waals surface area contributed by atoms with Gasteiger partial charge in [0.05, 0.1) is 12.2 Å². The Kier molecular flexibility index (Phi) is 11.3. The average molecular weight is 512 g/mol. The van der Waals surface area contributed by atoms with Crippen LogP contribution < -0.4 is 10.6 Å². The van der Waals surface area contributed by atoms with Crippen LogP contribution in [0.5, 0.6) is 0 Å². The molecule has 1 aromatic heterocycles. The summed E-state index contributed by atoms with van der Waals surface area (Å²) in [4.78, 5) is 7.16. The number of aryl methyl sites for hydroxylation is 2. The summed E-state index contributed by atoms with van der Waals surface area (Å²) in [6.45, 7) is 16.0. The Balaban J connectivity index is 0.00000420. The quantitative estimate of drug-likeness (QED) is 0.305. The molecule has 0 amide bonds. The zero-order valence-electron chi connectivity index (χ0n) is 18.7. The third kappa shape index (κ3) is 7.62. The van der Waals surface area contributed by atoms with Gasteiger partial charge in [0.25, 0.3) is 0 Å². The molecule has 0 saturated carbocycles. The number of hydrogen-bond acceptors (Lipinski definition) is 3. The number of aromatic nitrogens is 2. The summed E-state index contributed by atoms with van der Waals surface area (Å²) >= 11 is 0. The summed E-state index contributed by atoms with van der Waals surface area (Å²) in [7, 11) is 1.98. The monoisotopic (exact) mass is 512 g/mol. The molecule has 0 spiro atoms. The van der Waals surface area contributed by atoms with Crippen molar-refractivity contribution in [3.8, 4) is 0 Å². The number of nitrogens with one attached hydrogen (secondary N) is 2. The Morgan fingerprint density at radius 2 is 1.66 bits per heavy atom. The van der Waals surface area contributed by atoms with Crippen molar-refractivity contribution in [3.05, 3.63) is 52.3 Å². The van der Waals surface area contributed by atoms with Gasteiger partial charge in [-0.15, -0.1) is 24.0 Å². The minimum absolute atomic E-state index is 0. The molecule has 0 unspecified atom stereocenters. The van der Waals surface area contributed by atoms with Crippen LogP contribution in [0.4, 0.5) is 0 Å². The van der Waals surface area contributed by atoms with Gasteiger partial charge in [0.2, 0.25) is 0 Å². The van der Waals surface area contributed by atoms with Gasteiger partial charge in [-0.05, 0) is 45.0 Å². The first kappa shape index (κ1) is 25.4. The topological polar surface area (TPSA) is 57.5 Å². The van der Waals surface area contributed by atoms with Crippen molar-refractivity contribution in [2.75, 3.05) is 19.6 Å². The van der Waals surface area contributed by atoms with E-state index >= 15 is 0 Å². The van der Waals surface area contributed by atoms with Gasteiger partial charge in [0, 0.05) is 37.9 Å². The average Bonchev–Trinajstić information content (AvgIpc) is 2.94. The molecule has 0 saturated heterocycles. The fraction of sp³-hybridized carbons (Fsp3) is 0.545. The zero-order valence-corrected chi connectivity index (χ0v) is 21.1. The van der Waals surface area contributed by atoms with Crippen molar-refractivity contribution in [1.82, 2.24) is 25.3 Å². The fourth-order valence-corrected chi connectivity index (χ4v) is 3.21. The second-order valence-electron chi connectivity index (χ2n) is 7.10. The molecule has 0 fully saturated rings. The van der Waals surface area contributed by atoms with Crippen LogP contribution in [0.3, 0.4) is 0 Å². The molecule has 1 heterocycles. The van der Waals surface area contributed by atoms with E-state index in [1.165, 1.54) is 22.4 Å². The molecule has 0 radical (unpaired) electrons. The molecule has 0 aliphatic carbocycles. The number of aliphatic imine (C=N–C) groups is 1. The van der Waals surface area contributed by atoms with Crippen molar-refractivity contribution in [2.45, 2.75) is 54.3 Å². The first-order chi connectivity index (χ1) is 13.5. The number of halogens is 1. The van der Waals surface area contributed by atoms with Gasteiger partial charge >= 0.3 is 0 Å². The highest BCUT2D eigenvalue weighted by atomic mass is 127. The number of hydrogen-bond donors (Lipinski definition) is 2. The molecule has 2 aromatic rings. The van der Waals surface area contributed by atoms with Crippen molar-refractivity contribution in [3.63, 3.8) is 0 Å². The van der Waals surface area contributed by atoms with Crippen molar-refractivity contribution in [1.29, 1.82) is 0 Å². The molecular formula is C22H37IN6. The number of benzene rings is 1. The third-order valence-electron chi connectivity index (χ3n) is 5.18. The Morgan fingerprint density at radius 1 is 1.03 bits per heavy atom. The first-order valence-electron chi connectivity index (χ1n) is 10.3. The summed E-state index contributed by atoms with van der Waals surface area (Å²) < 4.78 is 1.93. The highest BCUT2D eigenvalue weighted by Gasteiger charge is 2.09. The lowest BCUT2D eigenvalue weighted by atomic mass is 10.1. The summed E-state index contributed by atoms with van der Waals surface area (Å²) in [5.41, 5.74) is 6.05. The van der Waals surface area contributed by atoms with Crippen molar-refractivity contribution in [2.24, 2.45) is 12.0 Å². The van der Waals surface area contributed by atoms with E-state index in [-0.39, 0.29) is 24.0 Å². The normalized spacial score (nSPS) is 11.5. The Labute approximate surface area is 193 Å². The van der Waals surface area contributed by atoms with E-state index in [1.54, 1.807) is 0 Å². The smallest absolute Gasteiger partial charge is 0.191 e. The lowest BCUT2D eigenvalue weighted by molar-refractivity contribution is 0.296. The molecule has 0 aliphatic rings. The van der Waals surface area contributed by atoms with Crippen LogP contribution in [0, 0.1) is 13.8 Å². The van der Waals surface area contributed by atoms with E-state index in [9.17, 15) is 0 Å². The van der Waals surface area contributed by atoms with Crippen LogP contribution in [-0.4, -0.2) is 40.3 Å². The maximum Gasteiger partial charge on any atom is 0.191 e. The largest absolute Gasteiger partial charge is 0.357 e. The molecule has 1 aromatic carbocycles. The van der Waals surface area contributed by atoms with Crippen LogP contribution in [0.25, 0.3) is 0 Å². The molecule has 2 rings (SSSR count). The van der Waals surface area contributed by atoms with Crippen molar-refractivity contribution >= 4 is 29.9 Å². The van der Waals surface area contributed by atoms with Gasteiger partial charge in [0.1, 0.15) is 0 Å². The van der Waals surface area contributed by atoms with E-state index < -0.39 is 0 Å². The van der Waals surface area contributed by atoms with Gasteiger partial charge in [-0.2, -0.15) is 5.10 Å².